The molecule has 0 aromatic heterocycles. The minimum atomic E-state index is 0.349. The number of ether oxygens (including phenoxy) is 1. The SMILES string of the molecule is CCCCCCCCC(=O)CCOC. The number of methoxy groups -OCH3 is 1. The summed E-state index contributed by atoms with van der Waals surface area (Å²) >= 11 is 0. The van der Waals surface area contributed by atoms with Crippen molar-refractivity contribution >= 4 is 5.78 Å². The first-order valence-corrected chi connectivity index (χ1v) is 5.82. The van der Waals surface area contributed by atoms with Crippen molar-refractivity contribution in [1.82, 2.24) is 0 Å². The molecular formula is C12H24O2. The van der Waals surface area contributed by atoms with Crippen LogP contribution in [0.1, 0.15) is 58.3 Å². The van der Waals surface area contributed by atoms with Gasteiger partial charge in [0.1, 0.15) is 5.78 Å². The molecule has 0 fully saturated rings. The summed E-state index contributed by atoms with van der Waals surface area (Å²) in [5.41, 5.74) is 0. The van der Waals surface area contributed by atoms with Crippen LogP contribution >= 0.6 is 0 Å². The van der Waals surface area contributed by atoms with Gasteiger partial charge < -0.3 is 4.74 Å². The van der Waals surface area contributed by atoms with Gasteiger partial charge in [0.2, 0.25) is 0 Å². The molecule has 0 bridgehead atoms. The highest BCUT2D eigenvalue weighted by atomic mass is 16.5. The van der Waals surface area contributed by atoms with E-state index in [9.17, 15) is 4.79 Å². The van der Waals surface area contributed by atoms with E-state index in [1.165, 1.54) is 32.1 Å². The predicted octanol–water partition coefficient (Wildman–Crippen LogP) is 3.34. The molecule has 0 aliphatic carbocycles. The predicted molar refractivity (Wildman–Crippen MR) is 59.5 cm³/mol. The minimum Gasteiger partial charge on any atom is -0.384 e. The molecule has 0 rings (SSSR count). The Morgan fingerprint density at radius 1 is 1.00 bits per heavy atom. The normalized spacial score (nSPS) is 10.4. The fraction of sp³-hybridized carbons (Fsp3) is 0.917. The maximum atomic E-state index is 11.2. The molecule has 0 saturated heterocycles. The van der Waals surface area contributed by atoms with E-state index >= 15 is 0 Å². The van der Waals surface area contributed by atoms with Gasteiger partial charge in [-0.05, 0) is 6.42 Å². The maximum Gasteiger partial charge on any atom is 0.135 e. The number of carbonyl (C=O) groups excluding carboxylic acids is 1. The largest absolute Gasteiger partial charge is 0.384 e. The van der Waals surface area contributed by atoms with Crippen molar-refractivity contribution in [2.45, 2.75) is 58.3 Å². The van der Waals surface area contributed by atoms with Gasteiger partial charge in [0.15, 0.2) is 0 Å². The van der Waals surface area contributed by atoms with Crippen LogP contribution in [0, 0.1) is 0 Å². The molecular weight excluding hydrogens is 176 g/mol. The first kappa shape index (κ1) is 13.6. The fourth-order valence-electron chi connectivity index (χ4n) is 1.44. The van der Waals surface area contributed by atoms with Gasteiger partial charge in [-0.1, -0.05) is 39.0 Å². The Kier molecular flexibility index (Phi) is 10.4. The van der Waals surface area contributed by atoms with Crippen molar-refractivity contribution in [2.75, 3.05) is 13.7 Å². The Hall–Kier alpha value is -0.370. The highest BCUT2D eigenvalue weighted by Gasteiger charge is 2.00. The van der Waals surface area contributed by atoms with Gasteiger partial charge in [-0.25, -0.2) is 0 Å². The smallest absolute Gasteiger partial charge is 0.135 e. The highest BCUT2D eigenvalue weighted by Crippen LogP contribution is 2.07. The fourth-order valence-corrected chi connectivity index (χ4v) is 1.44. The lowest BCUT2D eigenvalue weighted by atomic mass is 10.1. The Morgan fingerprint density at radius 3 is 2.29 bits per heavy atom. The van der Waals surface area contributed by atoms with Gasteiger partial charge in [0.05, 0.1) is 6.61 Å². The van der Waals surface area contributed by atoms with Crippen molar-refractivity contribution in [3.05, 3.63) is 0 Å². The first-order chi connectivity index (χ1) is 6.81. The van der Waals surface area contributed by atoms with Crippen LogP contribution in [0.15, 0.2) is 0 Å². The monoisotopic (exact) mass is 200 g/mol. The van der Waals surface area contributed by atoms with Gasteiger partial charge in [0, 0.05) is 20.0 Å². The van der Waals surface area contributed by atoms with Gasteiger partial charge in [-0.2, -0.15) is 0 Å². The number of Topliss-reactive ketones (excluding diaryl/α,β-unsaturated/α-hetero) is 1. The molecule has 0 aromatic carbocycles. The lowest BCUT2D eigenvalue weighted by molar-refractivity contribution is -0.120. The molecule has 14 heavy (non-hydrogen) atoms. The van der Waals surface area contributed by atoms with Crippen molar-refractivity contribution in [1.29, 1.82) is 0 Å². The molecule has 0 radical (unpaired) electrons. The average molecular weight is 200 g/mol. The van der Waals surface area contributed by atoms with Crippen molar-refractivity contribution in [3.8, 4) is 0 Å². The molecule has 0 saturated carbocycles. The summed E-state index contributed by atoms with van der Waals surface area (Å²) in [6, 6.07) is 0. The Balaban J connectivity index is 3.07. The summed E-state index contributed by atoms with van der Waals surface area (Å²) in [6.45, 7) is 2.79. The summed E-state index contributed by atoms with van der Waals surface area (Å²) in [5.74, 6) is 0.349. The summed E-state index contributed by atoms with van der Waals surface area (Å²) in [6.07, 6.45) is 8.82. The molecule has 84 valence electrons. The molecule has 2 heteroatoms. The third-order valence-electron chi connectivity index (χ3n) is 2.39. The van der Waals surface area contributed by atoms with Crippen LogP contribution in [0.2, 0.25) is 0 Å². The van der Waals surface area contributed by atoms with Crippen LogP contribution in [0.3, 0.4) is 0 Å². The number of hydrogen-bond acceptors (Lipinski definition) is 2. The highest BCUT2D eigenvalue weighted by molar-refractivity contribution is 5.78. The summed E-state index contributed by atoms with van der Waals surface area (Å²) in [5, 5.41) is 0. The second kappa shape index (κ2) is 10.7. The van der Waals surface area contributed by atoms with Gasteiger partial charge in [-0.15, -0.1) is 0 Å². The van der Waals surface area contributed by atoms with Crippen molar-refractivity contribution in [2.24, 2.45) is 0 Å². The maximum absolute atomic E-state index is 11.2. The van der Waals surface area contributed by atoms with Crippen LogP contribution < -0.4 is 0 Å². The second-order valence-corrected chi connectivity index (χ2v) is 3.80. The molecule has 0 amide bonds. The van der Waals surface area contributed by atoms with Gasteiger partial charge in [0.25, 0.3) is 0 Å². The van der Waals surface area contributed by atoms with Crippen LogP contribution in [0.25, 0.3) is 0 Å². The van der Waals surface area contributed by atoms with Crippen LogP contribution in [-0.2, 0) is 9.53 Å². The van der Waals surface area contributed by atoms with E-state index in [0.29, 0.717) is 18.8 Å². The number of hydrogen-bond donors (Lipinski definition) is 0. The molecule has 0 heterocycles. The third kappa shape index (κ3) is 9.72. The van der Waals surface area contributed by atoms with E-state index in [1.54, 1.807) is 7.11 Å². The Bertz CT molecular complexity index is 132. The quantitative estimate of drug-likeness (QED) is 0.505. The van der Waals surface area contributed by atoms with E-state index in [1.807, 2.05) is 0 Å². The van der Waals surface area contributed by atoms with Gasteiger partial charge in [-0.3, -0.25) is 4.79 Å². The standard InChI is InChI=1S/C12H24O2/c1-3-4-5-6-7-8-9-12(13)10-11-14-2/h3-11H2,1-2H3. The lowest BCUT2D eigenvalue weighted by Gasteiger charge is -2.00. The summed E-state index contributed by atoms with van der Waals surface area (Å²) < 4.78 is 4.85. The van der Waals surface area contributed by atoms with E-state index in [4.69, 9.17) is 4.74 Å². The molecule has 0 aromatic rings. The minimum absolute atomic E-state index is 0.349. The van der Waals surface area contributed by atoms with E-state index in [0.717, 1.165) is 12.8 Å². The Labute approximate surface area is 88.0 Å². The number of rotatable bonds is 10. The zero-order valence-corrected chi connectivity index (χ0v) is 9.68. The average Bonchev–Trinajstić information content (AvgIpc) is 2.20. The van der Waals surface area contributed by atoms with Crippen LogP contribution in [0.4, 0.5) is 0 Å². The molecule has 0 aliphatic rings. The van der Waals surface area contributed by atoms with E-state index in [2.05, 4.69) is 6.92 Å². The summed E-state index contributed by atoms with van der Waals surface area (Å²) in [4.78, 5) is 11.2. The first-order valence-electron chi connectivity index (χ1n) is 5.82. The topological polar surface area (TPSA) is 26.3 Å². The lowest BCUT2D eigenvalue weighted by Crippen LogP contribution is -2.02. The van der Waals surface area contributed by atoms with Crippen molar-refractivity contribution in [3.63, 3.8) is 0 Å². The molecule has 0 unspecified atom stereocenters. The molecule has 0 N–H and O–H groups in total. The van der Waals surface area contributed by atoms with Gasteiger partial charge >= 0.3 is 0 Å². The third-order valence-corrected chi connectivity index (χ3v) is 2.39. The zero-order valence-electron chi connectivity index (χ0n) is 9.68. The van der Waals surface area contributed by atoms with Crippen LogP contribution in [-0.4, -0.2) is 19.5 Å². The number of unbranched alkanes of at least 4 members (excludes halogenated alkanes) is 5. The molecule has 0 spiro atoms. The van der Waals surface area contributed by atoms with E-state index < -0.39 is 0 Å². The molecule has 0 atom stereocenters. The second-order valence-electron chi connectivity index (χ2n) is 3.80. The number of ketones is 1. The molecule has 2 nitrogen and oxygen atoms in total. The van der Waals surface area contributed by atoms with Crippen molar-refractivity contribution < 1.29 is 9.53 Å². The van der Waals surface area contributed by atoms with Crippen LogP contribution in [0.5, 0.6) is 0 Å². The number of carbonyl (C=O) groups is 1. The molecule has 0 aliphatic heterocycles. The summed E-state index contributed by atoms with van der Waals surface area (Å²) in [7, 11) is 1.64. The zero-order chi connectivity index (χ0) is 10.6. The van der Waals surface area contributed by atoms with E-state index in [-0.39, 0.29) is 0 Å². The Morgan fingerprint density at radius 2 is 1.64 bits per heavy atom.